The number of likely N-dealkylation sites (N-methyl/N-ethyl adjacent to an activating group) is 1. The van der Waals surface area contributed by atoms with Gasteiger partial charge < -0.3 is 10.0 Å². The standard InChI is InChI=1S/C13H23N3O/c1-5-11-9-12(10(3)4)15-13(14-11)16(6-2)7-8-17/h9-10,17H,5-8H2,1-4H3. The van der Waals surface area contributed by atoms with Gasteiger partial charge >= 0.3 is 0 Å². The maximum atomic E-state index is 9.04. The van der Waals surface area contributed by atoms with Gasteiger partial charge in [-0.1, -0.05) is 20.8 Å². The zero-order valence-corrected chi connectivity index (χ0v) is 11.3. The van der Waals surface area contributed by atoms with Gasteiger partial charge in [0.25, 0.3) is 0 Å². The third-order valence-electron chi connectivity index (χ3n) is 2.78. The molecule has 0 bridgehead atoms. The van der Waals surface area contributed by atoms with Gasteiger partial charge in [0.05, 0.1) is 6.61 Å². The van der Waals surface area contributed by atoms with Crippen molar-refractivity contribution in [3.8, 4) is 0 Å². The van der Waals surface area contributed by atoms with Crippen molar-refractivity contribution in [3.05, 3.63) is 17.5 Å². The van der Waals surface area contributed by atoms with Crippen molar-refractivity contribution in [2.45, 2.75) is 40.0 Å². The molecule has 0 aliphatic carbocycles. The van der Waals surface area contributed by atoms with Crippen LogP contribution in [0.25, 0.3) is 0 Å². The van der Waals surface area contributed by atoms with Crippen molar-refractivity contribution in [2.24, 2.45) is 0 Å². The minimum atomic E-state index is 0.130. The van der Waals surface area contributed by atoms with Gasteiger partial charge in [-0.15, -0.1) is 0 Å². The van der Waals surface area contributed by atoms with E-state index in [4.69, 9.17) is 5.11 Å². The molecular weight excluding hydrogens is 214 g/mol. The Morgan fingerprint density at radius 1 is 1.29 bits per heavy atom. The van der Waals surface area contributed by atoms with E-state index in [9.17, 15) is 0 Å². The first-order valence-corrected chi connectivity index (χ1v) is 6.36. The van der Waals surface area contributed by atoms with Crippen LogP contribution in [0.2, 0.25) is 0 Å². The van der Waals surface area contributed by atoms with Gasteiger partial charge in [0.2, 0.25) is 5.95 Å². The van der Waals surface area contributed by atoms with E-state index in [-0.39, 0.29) is 6.61 Å². The predicted octanol–water partition coefficient (Wildman–Crippen LogP) is 1.98. The van der Waals surface area contributed by atoms with Crippen LogP contribution in [0.4, 0.5) is 5.95 Å². The molecule has 4 nitrogen and oxygen atoms in total. The van der Waals surface area contributed by atoms with Gasteiger partial charge in [0, 0.05) is 24.5 Å². The Morgan fingerprint density at radius 3 is 2.47 bits per heavy atom. The van der Waals surface area contributed by atoms with Crippen LogP contribution in [0.3, 0.4) is 0 Å². The Bertz CT molecular complexity index is 353. The predicted molar refractivity (Wildman–Crippen MR) is 70.5 cm³/mol. The van der Waals surface area contributed by atoms with Gasteiger partial charge in [-0.05, 0) is 25.3 Å². The third-order valence-corrected chi connectivity index (χ3v) is 2.78. The average molecular weight is 237 g/mol. The molecule has 0 aliphatic heterocycles. The zero-order chi connectivity index (χ0) is 12.8. The van der Waals surface area contributed by atoms with Crippen molar-refractivity contribution in [2.75, 3.05) is 24.6 Å². The fraction of sp³-hybridized carbons (Fsp3) is 0.692. The Kier molecular flexibility index (Phi) is 5.35. The van der Waals surface area contributed by atoms with Crippen molar-refractivity contribution in [1.29, 1.82) is 0 Å². The Balaban J connectivity index is 3.08. The molecular formula is C13H23N3O. The zero-order valence-electron chi connectivity index (χ0n) is 11.3. The molecule has 1 aromatic heterocycles. The van der Waals surface area contributed by atoms with Gasteiger partial charge in [-0.25, -0.2) is 9.97 Å². The summed E-state index contributed by atoms with van der Waals surface area (Å²) in [6.45, 7) is 9.93. The van der Waals surface area contributed by atoms with Gasteiger partial charge in [0.15, 0.2) is 0 Å². The van der Waals surface area contributed by atoms with Crippen LogP contribution in [-0.2, 0) is 6.42 Å². The molecule has 17 heavy (non-hydrogen) atoms. The summed E-state index contributed by atoms with van der Waals surface area (Å²) >= 11 is 0. The van der Waals surface area contributed by atoms with Crippen LogP contribution >= 0.6 is 0 Å². The summed E-state index contributed by atoms with van der Waals surface area (Å²) in [7, 11) is 0. The lowest BCUT2D eigenvalue weighted by Gasteiger charge is -2.21. The number of aromatic nitrogens is 2. The normalized spacial score (nSPS) is 10.9. The van der Waals surface area contributed by atoms with E-state index in [1.807, 2.05) is 11.8 Å². The molecule has 0 atom stereocenters. The van der Waals surface area contributed by atoms with E-state index in [1.165, 1.54) is 0 Å². The van der Waals surface area contributed by atoms with Crippen LogP contribution in [0.1, 0.15) is 45.0 Å². The van der Waals surface area contributed by atoms with E-state index in [0.29, 0.717) is 12.5 Å². The number of hydrogen-bond donors (Lipinski definition) is 1. The van der Waals surface area contributed by atoms with E-state index >= 15 is 0 Å². The van der Waals surface area contributed by atoms with Crippen LogP contribution in [-0.4, -0.2) is 34.8 Å². The highest BCUT2D eigenvalue weighted by molar-refractivity contribution is 5.33. The summed E-state index contributed by atoms with van der Waals surface area (Å²) in [6, 6.07) is 2.07. The quantitative estimate of drug-likeness (QED) is 0.822. The van der Waals surface area contributed by atoms with Crippen molar-refractivity contribution < 1.29 is 5.11 Å². The number of aryl methyl sites for hydroxylation is 1. The van der Waals surface area contributed by atoms with Crippen LogP contribution < -0.4 is 4.90 Å². The molecule has 0 saturated heterocycles. The molecule has 1 heterocycles. The Hall–Kier alpha value is -1.16. The second kappa shape index (κ2) is 6.55. The summed E-state index contributed by atoms with van der Waals surface area (Å²) < 4.78 is 0. The first-order chi connectivity index (χ1) is 8.12. The lowest BCUT2D eigenvalue weighted by Crippen LogP contribution is -2.28. The van der Waals surface area contributed by atoms with Crippen LogP contribution in [0, 0.1) is 0 Å². The van der Waals surface area contributed by atoms with Crippen molar-refractivity contribution in [1.82, 2.24) is 9.97 Å². The topological polar surface area (TPSA) is 49.2 Å². The number of anilines is 1. The first kappa shape index (κ1) is 13.9. The largest absolute Gasteiger partial charge is 0.395 e. The Labute approximate surface area is 104 Å². The lowest BCUT2D eigenvalue weighted by atomic mass is 10.1. The molecule has 1 N–H and O–H groups in total. The molecule has 1 aromatic rings. The number of hydrogen-bond acceptors (Lipinski definition) is 4. The summed E-state index contributed by atoms with van der Waals surface area (Å²) in [5, 5.41) is 9.04. The number of aliphatic hydroxyl groups is 1. The molecule has 0 fully saturated rings. The highest BCUT2D eigenvalue weighted by atomic mass is 16.3. The second-order valence-corrected chi connectivity index (χ2v) is 4.40. The van der Waals surface area contributed by atoms with E-state index < -0.39 is 0 Å². The smallest absolute Gasteiger partial charge is 0.225 e. The molecule has 4 heteroatoms. The van der Waals surface area contributed by atoms with Gasteiger partial charge in [0.1, 0.15) is 0 Å². The van der Waals surface area contributed by atoms with Crippen LogP contribution in [0.5, 0.6) is 0 Å². The lowest BCUT2D eigenvalue weighted by molar-refractivity contribution is 0.301. The molecule has 0 aromatic carbocycles. The SMILES string of the molecule is CCc1cc(C(C)C)nc(N(CC)CCO)n1. The number of nitrogens with zero attached hydrogens (tertiary/aromatic N) is 3. The Morgan fingerprint density at radius 2 is 2.00 bits per heavy atom. The summed E-state index contributed by atoms with van der Waals surface area (Å²) in [6.07, 6.45) is 0.909. The summed E-state index contributed by atoms with van der Waals surface area (Å²) in [5.74, 6) is 1.14. The molecule has 96 valence electrons. The average Bonchev–Trinajstić information content (AvgIpc) is 2.35. The number of aliphatic hydroxyl groups excluding tert-OH is 1. The summed E-state index contributed by atoms with van der Waals surface area (Å²) in [4.78, 5) is 11.1. The molecule has 1 rings (SSSR count). The second-order valence-electron chi connectivity index (χ2n) is 4.40. The van der Waals surface area contributed by atoms with Crippen LogP contribution in [0.15, 0.2) is 6.07 Å². The monoisotopic (exact) mass is 237 g/mol. The molecule has 0 unspecified atom stereocenters. The minimum Gasteiger partial charge on any atom is -0.395 e. The van der Waals surface area contributed by atoms with Gasteiger partial charge in [-0.3, -0.25) is 0 Å². The number of rotatable bonds is 6. The van der Waals surface area contributed by atoms with Gasteiger partial charge in [-0.2, -0.15) is 0 Å². The first-order valence-electron chi connectivity index (χ1n) is 6.36. The molecule has 0 amide bonds. The molecule has 0 saturated carbocycles. The van der Waals surface area contributed by atoms with Crippen molar-refractivity contribution >= 4 is 5.95 Å². The van der Waals surface area contributed by atoms with E-state index in [0.717, 1.165) is 30.3 Å². The maximum Gasteiger partial charge on any atom is 0.225 e. The van der Waals surface area contributed by atoms with E-state index in [2.05, 4.69) is 36.8 Å². The molecule has 0 spiro atoms. The highest BCUT2D eigenvalue weighted by Gasteiger charge is 2.11. The highest BCUT2D eigenvalue weighted by Crippen LogP contribution is 2.17. The fourth-order valence-corrected chi connectivity index (χ4v) is 1.64. The minimum absolute atomic E-state index is 0.130. The van der Waals surface area contributed by atoms with Crippen molar-refractivity contribution in [3.63, 3.8) is 0 Å². The fourth-order valence-electron chi connectivity index (χ4n) is 1.64. The summed E-state index contributed by atoms with van der Waals surface area (Å²) in [5.41, 5.74) is 2.14. The third kappa shape index (κ3) is 3.66. The molecule has 0 radical (unpaired) electrons. The molecule has 0 aliphatic rings. The maximum absolute atomic E-state index is 9.04. The van der Waals surface area contributed by atoms with E-state index in [1.54, 1.807) is 0 Å².